The van der Waals surface area contributed by atoms with E-state index in [1.54, 1.807) is 0 Å². The first-order valence-corrected chi connectivity index (χ1v) is 11.8. The molecule has 1 saturated carbocycles. The van der Waals surface area contributed by atoms with Gasteiger partial charge in [-0.3, -0.25) is 4.79 Å². The summed E-state index contributed by atoms with van der Waals surface area (Å²) < 4.78 is 5.43. The number of nitrogens with zero attached hydrogens (tertiary/aromatic N) is 1. The van der Waals surface area contributed by atoms with Crippen molar-refractivity contribution in [2.24, 2.45) is 17.8 Å². The molecule has 7 nitrogen and oxygen atoms in total. The average Bonchev–Trinajstić information content (AvgIpc) is 3.27. The highest BCUT2D eigenvalue weighted by Crippen LogP contribution is 2.45. The maximum atomic E-state index is 12.8. The number of carbonyl (C=O) groups excluding carboxylic acids is 2. The van der Waals surface area contributed by atoms with Crippen LogP contribution < -0.4 is 10.6 Å². The molecule has 0 aromatic carbocycles. The summed E-state index contributed by atoms with van der Waals surface area (Å²) in [4.78, 5) is 25.0. The fourth-order valence-electron chi connectivity index (χ4n) is 5.20. The zero-order valence-electron chi connectivity index (χ0n) is 21.0. The Labute approximate surface area is 188 Å². The third-order valence-corrected chi connectivity index (χ3v) is 6.33. The van der Waals surface area contributed by atoms with Crippen molar-refractivity contribution < 1.29 is 19.5 Å². The smallest absolute Gasteiger partial charge is 0.407 e. The monoisotopic (exact) mass is 438 g/mol. The maximum absolute atomic E-state index is 12.8. The molecule has 0 bridgehead atoms. The summed E-state index contributed by atoms with van der Waals surface area (Å²) in [5, 5.41) is 19.9. The number of carbonyl (C=O) groups is 2. The molecule has 31 heavy (non-hydrogen) atoms. The molecule has 179 valence electrons. The highest BCUT2D eigenvalue weighted by atomic mass is 16.6. The van der Waals surface area contributed by atoms with Gasteiger partial charge < -0.3 is 15.4 Å². The Morgan fingerprint density at radius 3 is 2.13 bits per heavy atom. The van der Waals surface area contributed by atoms with E-state index in [-0.39, 0.29) is 30.0 Å². The highest BCUT2D eigenvalue weighted by molar-refractivity contribution is 5.77. The van der Waals surface area contributed by atoms with Crippen LogP contribution in [0, 0.1) is 17.8 Å². The van der Waals surface area contributed by atoms with E-state index < -0.39 is 16.7 Å². The molecule has 2 unspecified atom stereocenters. The molecule has 1 saturated heterocycles. The summed E-state index contributed by atoms with van der Waals surface area (Å²) in [5.74, 6) is 1.07. The third-order valence-electron chi connectivity index (χ3n) is 6.33. The number of piperidine rings is 1. The number of nitrogens with one attached hydrogen (secondary N) is 2. The predicted octanol–water partition coefficient (Wildman–Crippen LogP) is 4.44. The van der Waals surface area contributed by atoms with Crippen LogP contribution in [0.25, 0.3) is 0 Å². The summed E-state index contributed by atoms with van der Waals surface area (Å²) in [5.41, 5.74) is -1.53. The fraction of sp³-hybridized carbons (Fsp3) is 0.917. The lowest BCUT2D eigenvalue weighted by Crippen LogP contribution is -2.62. The normalized spacial score (nSPS) is 26.9. The van der Waals surface area contributed by atoms with Gasteiger partial charge in [-0.15, -0.1) is 10.3 Å². The number of alkyl carbamates (subject to hydrolysis) is 1. The van der Waals surface area contributed by atoms with Gasteiger partial charge in [-0.2, -0.15) is 0 Å². The van der Waals surface area contributed by atoms with Gasteiger partial charge in [0.15, 0.2) is 0 Å². The lowest BCUT2D eigenvalue weighted by molar-refractivity contribution is -0.290. The van der Waals surface area contributed by atoms with E-state index in [2.05, 4.69) is 24.5 Å². The summed E-state index contributed by atoms with van der Waals surface area (Å²) in [6, 6.07) is 0.0282. The van der Waals surface area contributed by atoms with Gasteiger partial charge in [-0.05, 0) is 91.9 Å². The summed E-state index contributed by atoms with van der Waals surface area (Å²) in [6.07, 6.45) is 3.19. The zero-order chi connectivity index (χ0) is 23.8. The molecule has 2 rings (SSSR count). The minimum atomic E-state index is -0.531. The van der Waals surface area contributed by atoms with E-state index in [0.717, 1.165) is 12.8 Å². The number of amides is 2. The molecule has 1 aliphatic carbocycles. The molecule has 3 atom stereocenters. The first kappa shape index (κ1) is 25.9. The van der Waals surface area contributed by atoms with E-state index in [1.807, 2.05) is 48.5 Å². The van der Waals surface area contributed by atoms with Crippen molar-refractivity contribution in [3.8, 4) is 0 Å². The molecule has 2 aliphatic rings. The zero-order valence-corrected chi connectivity index (χ0v) is 21.0. The molecule has 0 aromatic rings. The van der Waals surface area contributed by atoms with Crippen LogP contribution in [0.5, 0.6) is 0 Å². The van der Waals surface area contributed by atoms with Crippen molar-refractivity contribution in [2.45, 2.75) is 123 Å². The molecule has 1 heterocycles. The molecule has 2 amide bonds. The molecule has 0 aromatic heterocycles. The second-order valence-electron chi connectivity index (χ2n) is 12.3. The van der Waals surface area contributed by atoms with Gasteiger partial charge in [0.1, 0.15) is 5.60 Å². The average molecular weight is 439 g/mol. The van der Waals surface area contributed by atoms with Crippen molar-refractivity contribution in [1.82, 2.24) is 15.7 Å². The van der Waals surface area contributed by atoms with Crippen LogP contribution in [0.15, 0.2) is 0 Å². The highest BCUT2D eigenvalue weighted by Gasteiger charge is 2.48. The fourth-order valence-corrected chi connectivity index (χ4v) is 5.20. The van der Waals surface area contributed by atoms with Gasteiger partial charge in [0.25, 0.3) is 0 Å². The quantitative estimate of drug-likeness (QED) is 0.615. The number of hydroxylamine groups is 2. The number of rotatable bonds is 7. The van der Waals surface area contributed by atoms with E-state index in [1.165, 1.54) is 5.06 Å². The van der Waals surface area contributed by atoms with Crippen molar-refractivity contribution in [2.75, 3.05) is 0 Å². The molecular weight excluding hydrogens is 394 g/mol. The van der Waals surface area contributed by atoms with Crippen LogP contribution in [0.2, 0.25) is 0 Å². The van der Waals surface area contributed by atoms with Crippen LogP contribution in [-0.4, -0.2) is 45.8 Å². The lowest BCUT2D eigenvalue weighted by atomic mass is 9.79. The second kappa shape index (κ2) is 9.26. The topological polar surface area (TPSA) is 90.6 Å². The number of ether oxygens (including phenoxy) is 1. The van der Waals surface area contributed by atoms with Crippen LogP contribution in [-0.2, 0) is 14.7 Å². The Hall–Kier alpha value is -1.34. The Morgan fingerprint density at radius 2 is 1.65 bits per heavy atom. The van der Waals surface area contributed by atoms with Gasteiger partial charge in [0, 0.05) is 29.6 Å². The van der Waals surface area contributed by atoms with Gasteiger partial charge in [-0.25, -0.2) is 4.79 Å². The van der Waals surface area contributed by atoms with Gasteiger partial charge in [0.2, 0.25) is 5.91 Å². The summed E-state index contributed by atoms with van der Waals surface area (Å²) >= 11 is 0. The molecular formula is C24H44N3O4. The number of hydrogen-bond acceptors (Lipinski definition) is 4. The Bertz CT molecular complexity index is 636. The molecule has 1 aliphatic heterocycles. The Morgan fingerprint density at radius 1 is 1.10 bits per heavy atom. The summed E-state index contributed by atoms with van der Waals surface area (Å²) in [7, 11) is 0. The number of hydrogen-bond donors (Lipinski definition) is 2. The van der Waals surface area contributed by atoms with E-state index >= 15 is 0 Å². The maximum Gasteiger partial charge on any atom is 0.407 e. The minimum absolute atomic E-state index is 0.00579. The van der Waals surface area contributed by atoms with Crippen molar-refractivity contribution in [3.05, 3.63) is 0 Å². The standard InChI is InChI=1S/C24H44N3O4/c1-15(2)10-19(26-21(29)31-22(3,4)5)18-11-16(18)12-20(28)25-17-13-23(6,7)27(30)24(8,9)14-17/h15-19H,10-14H2,1-9H3,(H,25,28)(H,26,29)/t16?,18?,19-/m0/s1. The molecule has 7 heteroatoms. The second-order valence-corrected chi connectivity index (χ2v) is 12.3. The first-order valence-electron chi connectivity index (χ1n) is 11.8. The van der Waals surface area contributed by atoms with E-state index in [4.69, 9.17) is 4.74 Å². The molecule has 2 N–H and O–H groups in total. The Kier molecular flexibility index (Phi) is 7.74. The summed E-state index contributed by atoms with van der Waals surface area (Å²) in [6.45, 7) is 17.6. The van der Waals surface area contributed by atoms with Gasteiger partial charge >= 0.3 is 6.09 Å². The third kappa shape index (κ3) is 7.63. The van der Waals surface area contributed by atoms with Crippen molar-refractivity contribution in [1.29, 1.82) is 0 Å². The predicted molar refractivity (Wildman–Crippen MR) is 121 cm³/mol. The van der Waals surface area contributed by atoms with Crippen LogP contribution in [0.4, 0.5) is 4.79 Å². The SMILES string of the molecule is CC(C)C[C@H](NC(=O)OC(C)(C)C)C1CC1CC(=O)NC1CC(C)(C)N([O])C(C)(C)C1. The van der Waals surface area contributed by atoms with Crippen molar-refractivity contribution in [3.63, 3.8) is 0 Å². The largest absolute Gasteiger partial charge is 0.444 e. The lowest BCUT2D eigenvalue weighted by Gasteiger charge is -2.50. The van der Waals surface area contributed by atoms with Crippen molar-refractivity contribution >= 4 is 12.0 Å². The van der Waals surface area contributed by atoms with Crippen LogP contribution in [0.1, 0.15) is 94.4 Å². The molecule has 1 radical (unpaired) electrons. The molecule has 0 spiro atoms. The Balaban J connectivity index is 1.89. The van der Waals surface area contributed by atoms with E-state index in [0.29, 0.717) is 31.1 Å². The first-order chi connectivity index (χ1) is 14.0. The minimum Gasteiger partial charge on any atom is -0.444 e. The van der Waals surface area contributed by atoms with Crippen LogP contribution in [0.3, 0.4) is 0 Å². The van der Waals surface area contributed by atoms with Gasteiger partial charge in [0.05, 0.1) is 0 Å². The van der Waals surface area contributed by atoms with E-state index in [9.17, 15) is 14.8 Å². The van der Waals surface area contributed by atoms with Crippen LogP contribution >= 0.6 is 0 Å². The molecule has 2 fully saturated rings. The van der Waals surface area contributed by atoms with Gasteiger partial charge in [-0.1, -0.05) is 13.8 Å².